The fraction of sp³-hybridized carbons (Fsp3) is 0.529. The van der Waals surface area contributed by atoms with Gasteiger partial charge in [0.25, 0.3) is 5.91 Å². The fourth-order valence-electron chi connectivity index (χ4n) is 2.06. The summed E-state index contributed by atoms with van der Waals surface area (Å²) in [6.45, 7) is 7.57. The monoisotopic (exact) mass is 307 g/mol. The Morgan fingerprint density at radius 1 is 1.23 bits per heavy atom. The van der Waals surface area contributed by atoms with Crippen molar-refractivity contribution in [3.05, 3.63) is 29.8 Å². The van der Waals surface area contributed by atoms with Crippen LogP contribution < -0.4 is 10.1 Å². The van der Waals surface area contributed by atoms with Crippen LogP contribution in [0, 0.1) is 12.8 Å². The molecule has 0 aromatic heterocycles. The summed E-state index contributed by atoms with van der Waals surface area (Å²) < 4.78 is 10.3. The van der Waals surface area contributed by atoms with Crippen LogP contribution in [0.3, 0.4) is 0 Å². The molecule has 0 aliphatic heterocycles. The summed E-state index contributed by atoms with van der Waals surface area (Å²) in [7, 11) is 1.31. The summed E-state index contributed by atoms with van der Waals surface area (Å²) in [6.07, 6.45) is -0.170. The molecule has 1 amide bonds. The van der Waals surface area contributed by atoms with Crippen LogP contribution in [0.25, 0.3) is 0 Å². The number of methoxy groups -OCH3 is 1. The Kier molecular flexibility index (Phi) is 6.89. The number of amides is 1. The molecular formula is C17H25NO4. The molecule has 5 heteroatoms. The number of aryl methyl sites for hydroxylation is 1. The number of carbonyl (C=O) groups is 2. The summed E-state index contributed by atoms with van der Waals surface area (Å²) in [5.41, 5.74) is 1.05. The van der Waals surface area contributed by atoms with Gasteiger partial charge in [-0.05, 0) is 43.9 Å². The number of hydrogen-bond donors (Lipinski definition) is 1. The molecule has 22 heavy (non-hydrogen) atoms. The van der Waals surface area contributed by atoms with E-state index >= 15 is 0 Å². The predicted molar refractivity (Wildman–Crippen MR) is 84.7 cm³/mol. The highest BCUT2D eigenvalue weighted by Gasteiger charge is 2.25. The van der Waals surface area contributed by atoms with Crippen molar-refractivity contribution < 1.29 is 19.1 Å². The minimum Gasteiger partial charge on any atom is -0.481 e. The first-order chi connectivity index (χ1) is 10.3. The predicted octanol–water partition coefficient (Wildman–Crippen LogP) is 2.47. The number of rotatable bonds is 7. The number of carbonyl (C=O) groups excluding carboxylic acids is 2. The Morgan fingerprint density at radius 2 is 1.91 bits per heavy atom. The highest BCUT2D eigenvalue weighted by atomic mass is 16.5. The first-order valence-corrected chi connectivity index (χ1v) is 7.45. The van der Waals surface area contributed by atoms with Crippen molar-refractivity contribution in [2.45, 2.75) is 46.3 Å². The molecule has 2 unspecified atom stereocenters. The molecule has 0 aliphatic carbocycles. The Balaban J connectivity index is 2.66. The van der Waals surface area contributed by atoms with Gasteiger partial charge in [0.05, 0.1) is 7.11 Å². The zero-order chi connectivity index (χ0) is 16.7. The van der Waals surface area contributed by atoms with Crippen molar-refractivity contribution in [2.75, 3.05) is 7.11 Å². The Hall–Kier alpha value is -2.04. The number of benzene rings is 1. The van der Waals surface area contributed by atoms with Crippen LogP contribution in [0.2, 0.25) is 0 Å². The number of ether oxygens (including phenoxy) is 2. The fourth-order valence-corrected chi connectivity index (χ4v) is 2.06. The molecule has 0 saturated heterocycles. The molecule has 0 spiro atoms. The molecule has 1 aromatic rings. The summed E-state index contributed by atoms with van der Waals surface area (Å²) >= 11 is 0. The lowest BCUT2D eigenvalue weighted by atomic mass is 10.0. The molecule has 1 N–H and O–H groups in total. The van der Waals surface area contributed by atoms with Crippen molar-refractivity contribution in [2.24, 2.45) is 5.92 Å². The Bertz CT molecular complexity index is 513. The lowest BCUT2D eigenvalue weighted by Gasteiger charge is -2.21. The first-order valence-electron chi connectivity index (χ1n) is 7.45. The summed E-state index contributed by atoms with van der Waals surface area (Å²) in [5, 5.41) is 2.70. The minimum absolute atomic E-state index is 0.261. The molecule has 0 aliphatic rings. The van der Waals surface area contributed by atoms with Crippen molar-refractivity contribution in [1.82, 2.24) is 5.32 Å². The zero-order valence-corrected chi connectivity index (χ0v) is 13.9. The van der Waals surface area contributed by atoms with Gasteiger partial charge in [-0.2, -0.15) is 0 Å². The van der Waals surface area contributed by atoms with Gasteiger partial charge in [-0.3, -0.25) is 4.79 Å². The van der Waals surface area contributed by atoms with Crippen LogP contribution >= 0.6 is 0 Å². The van der Waals surface area contributed by atoms with Crippen LogP contribution in [0.1, 0.15) is 32.8 Å². The molecule has 0 radical (unpaired) electrons. The highest BCUT2D eigenvalue weighted by Crippen LogP contribution is 2.14. The second kappa shape index (κ2) is 8.41. The van der Waals surface area contributed by atoms with E-state index in [1.165, 1.54) is 7.11 Å². The second-order valence-electron chi connectivity index (χ2n) is 5.79. The molecule has 5 nitrogen and oxygen atoms in total. The number of esters is 1. The third kappa shape index (κ3) is 5.76. The largest absolute Gasteiger partial charge is 0.481 e. The lowest BCUT2D eigenvalue weighted by molar-refractivity contribution is -0.146. The molecule has 0 fully saturated rings. The maximum atomic E-state index is 12.2. The zero-order valence-electron chi connectivity index (χ0n) is 13.9. The average Bonchev–Trinajstić information content (AvgIpc) is 2.45. The quantitative estimate of drug-likeness (QED) is 0.786. The van der Waals surface area contributed by atoms with E-state index in [1.54, 1.807) is 13.0 Å². The molecule has 2 atom stereocenters. The van der Waals surface area contributed by atoms with E-state index in [0.717, 1.165) is 5.56 Å². The van der Waals surface area contributed by atoms with Crippen molar-refractivity contribution >= 4 is 11.9 Å². The van der Waals surface area contributed by atoms with Crippen molar-refractivity contribution in [1.29, 1.82) is 0 Å². The average molecular weight is 307 g/mol. The van der Waals surface area contributed by atoms with Gasteiger partial charge in [0.1, 0.15) is 11.8 Å². The van der Waals surface area contributed by atoms with Gasteiger partial charge in [0.2, 0.25) is 0 Å². The van der Waals surface area contributed by atoms with E-state index in [9.17, 15) is 9.59 Å². The Morgan fingerprint density at radius 3 is 2.45 bits per heavy atom. The van der Waals surface area contributed by atoms with Crippen LogP contribution in [-0.2, 0) is 14.3 Å². The second-order valence-corrected chi connectivity index (χ2v) is 5.79. The molecule has 0 heterocycles. The minimum atomic E-state index is -0.693. The lowest BCUT2D eigenvalue weighted by Crippen LogP contribution is -2.47. The molecule has 1 aromatic carbocycles. The molecule has 0 bridgehead atoms. The first kappa shape index (κ1) is 18.0. The van der Waals surface area contributed by atoms with Crippen molar-refractivity contribution in [3.63, 3.8) is 0 Å². The summed E-state index contributed by atoms with van der Waals surface area (Å²) in [4.78, 5) is 23.9. The van der Waals surface area contributed by atoms with Crippen LogP contribution in [-0.4, -0.2) is 31.1 Å². The molecule has 0 saturated carbocycles. The van der Waals surface area contributed by atoms with E-state index in [-0.39, 0.29) is 11.8 Å². The topological polar surface area (TPSA) is 64.6 Å². The maximum absolute atomic E-state index is 12.2. The smallest absolute Gasteiger partial charge is 0.328 e. The molecular weight excluding hydrogens is 282 g/mol. The van der Waals surface area contributed by atoms with E-state index in [4.69, 9.17) is 9.47 Å². The Labute approximate surface area is 132 Å². The molecule has 122 valence electrons. The SMILES string of the molecule is COC(=O)C(CC(C)C)NC(=O)C(C)Oc1cccc(C)c1. The molecule has 1 rings (SSSR count). The van der Waals surface area contributed by atoms with Gasteiger partial charge < -0.3 is 14.8 Å². The van der Waals surface area contributed by atoms with Crippen molar-refractivity contribution in [3.8, 4) is 5.75 Å². The third-order valence-electron chi connectivity index (χ3n) is 3.18. The van der Waals surface area contributed by atoms with E-state index < -0.39 is 18.1 Å². The number of hydrogen-bond acceptors (Lipinski definition) is 4. The van der Waals surface area contributed by atoms with Crippen LogP contribution in [0.5, 0.6) is 5.75 Å². The number of nitrogens with one attached hydrogen (secondary N) is 1. The van der Waals surface area contributed by atoms with Crippen LogP contribution in [0.15, 0.2) is 24.3 Å². The standard InChI is InChI=1S/C17H25NO4/c1-11(2)9-15(17(20)21-5)18-16(19)13(4)22-14-8-6-7-12(3)10-14/h6-8,10-11,13,15H,9H2,1-5H3,(H,18,19). The van der Waals surface area contributed by atoms with E-state index in [1.807, 2.05) is 39.0 Å². The van der Waals surface area contributed by atoms with Gasteiger partial charge in [-0.15, -0.1) is 0 Å². The maximum Gasteiger partial charge on any atom is 0.328 e. The van der Waals surface area contributed by atoms with Gasteiger partial charge in [0.15, 0.2) is 6.10 Å². The van der Waals surface area contributed by atoms with Gasteiger partial charge >= 0.3 is 5.97 Å². The van der Waals surface area contributed by atoms with Gasteiger partial charge in [-0.1, -0.05) is 26.0 Å². The van der Waals surface area contributed by atoms with Gasteiger partial charge in [-0.25, -0.2) is 4.79 Å². The van der Waals surface area contributed by atoms with Crippen LogP contribution in [0.4, 0.5) is 0 Å². The van der Waals surface area contributed by atoms with Gasteiger partial charge in [0, 0.05) is 0 Å². The van der Waals surface area contributed by atoms with E-state index in [2.05, 4.69) is 5.32 Å². The highest BCUT2D eigenvalue weighted by molar-refractivity contribution is 5.86. The third-order valence-corrected chi connectivity index (χ3v) is 3.18. The summed E-state index contributed by atoms with van der Waals surface area (Å²) in [5.74, 6) is 0.112. The normalized spacial score (nSPS) is 13.4. The van der Waals surface area contributed by atoms with E-state index in [0.29, 0.717) is 12.2 Å². The summed E-state index contributed by atoms with van der Waals surface area (Å²) in [6, 6.07) is 6.82.